The first-order valence-corrected chi connectivity index (χ1v) is 14.7. The van der Waals surface area contributed by atoms with E-state index in [2.05, 4.69) is 16.0 Å². The predicted octanol–water partition coefficient (Wildman–Crippen LogP) is 1.61. The van der Waals surface area contributed by atoms with Crippen molar-refractivity contribution < 1.29 is 29.4 Å². The largest absolute Gasteiger partial charge is 0.508 e. The number of rotatable bonds is 7. The zero-order valence-corrected chi connectivity index (χ0v) is 23.6. The number of aromatic hydroxyl groups is 1. The van der Waals surface area contributed by atoms with Gasteiger partial charge in [0.05, 0.1) is 10.3 Å². The van der Waals surface area contributed by atoms with Crippen LogP contribution in [0, 0.1) is 0 Å². The fraction of sp³-hybridized carbons (Fsp3) is 0.407. The highest BCUT2D eigenvalue weighted by Gasteiger charge is 2.41. The second-order valence-electron chi connectivity index (χ2n) is 10.3. The fourth-order valence-electron chi connectivity index (χ4n) is 4.03. The molecule has 1 aliphatic heterocycles. The molecule has 0 aliphatic carbocycles. The van der Waals surface area contributed by atoms with Gasteiger partial charge >= 0.3 is 5.97 Å². The van der Waals surface area contributed by atoms with Gasteiger partial charge in [0, 0.05) is 12.2 Å². The number of phenols is 1. The molecule has 0 spiro atoms. The SMILES string of the molecule is CC1(C)SSC[C@H](NC(=O)[C@@](C)(N)Cc2ccc(O)cc2)C(=O)N[C@@H](Cc2ccccc2)C(=O)N[C@@H]1C(=O)O. The van der Waals surface area contributed by atoms with Crippen molar-refractivity contribution in [3.05, 3.63) is 65.7 Å². The molecule has 0 radical (unpaired) electrons. The van der Waals surface area contributed by atoms with Crippen LogP contribution in [0.3, 0.4) is 0 Å². The summed E-state index contributed by atoms with van der Waals surface area (Å²) in [5.41, 5.74) is 6.46. The van der Waals surface area contributed by atoms with Crippen LogP contribution in [0.2, 0.25) is 0 Å². The Kier molecular flexibility index (Phi) is 9.92. The van der Waals surface area contributed by atoms with Crippen LogP contribution in [0.15, 0.2) is 54.6 Å². The van der Waals surface area contributed by atoms with Gasteiger partial charge in [-0.25, -0.2) is 4.79 Å². The van der Waals surface area contributed by atoms with Crippen LogP contribution in [-0.2, 0) is 32.0 Å². The molecule has 1 heterocycles. The van der Waals surface area contributed by atoms with Gasteiger partial charge in [0.25, 0.3) is 0 Å². The van der Waals surface area contributed by atoms with E-state index < -0.39 is 52.1 Å². The lowest BCUT2D eigenvalue weighted by molar-refractivity contribution is -0.143. The Bertz CT molecular complexity index is 1190. The quantitative estimate of drug-likeness (QED) is 0.269. The van der Waals surface area contributed by atoms with Crippen molar-refractivity contribution in [1.82, 2.24) is 16.0 Å². The van der Waals surface area contributed by atoms with Crippen LogP contribution in [0.4, 0.5) is 0 Å². The molecule has 39 heavy (non-hydrogen) atoms. The van der Waals surface area contributed by atoms with E-state index in [1.165, 1.54) is 33.7 Å². The number of hydrogen-bond donors (Lipinski definition) is 6. The minimum atomic E-state index is -1.38. The van der Waals surface area contributed by atoms with Crippen molar-refractivity contribution in [2.75, 3.05) is 5.75 Å². The van der Waals surface area contributed by atoms with Crippen LogP contribution >= 0.6 is 21.6 Å². The molecule has 7 N–H and O–H groups in total. The molecule has 0 saturated carbocycles. The maximum Gasteiger partial charge on any atom is 0.327 e. The first-order chi connectivity index (χ1) is 18.3. The summed E-state index contributed by atoms with van der Waals surface area (Å²) in [6.45, 7) is 4.95. The Morgan fingerprint density at radius 3 is 2.31 bits per heavy atom. The average Bonchev–Trinajstić information content (AvgIpc) is 2.88. The molecule has 4 atom stereocenters. The maximum absolute atomic E-state index is 13.4. The summed E-state index contributed by atoms with van der Waals surface area (Å²) in [4.78, 5) is 52.0. The molecular formula is C27H34N4O6S2. The number of aliphatic carboxylic acids is 1. The van der Waals surface area contributed by atoms with Crippen molar-refractivity contribution in [2.24, 2.45) is 5.73 Å². The number of nitrogens with one attached hydrogen (secondary N) is 3. The van der Waals surface area contributed by atoms with Gasteiger partial charge in [0.2, 0.25) is 17.7 Å². The van der Waals surface area contributed by atoms with Crippen LogP contribution in [-0.4, -0.2) is 68.1 Å². The van der Waals surface area contributed by atoms with Gasteiger partial charge in [-0.2, -0.15) is 0 Å². The highest BCUT2D eigenvalue weighted by molar-refractivity contribution is 8.77. The maximum atomic E-state index is 13.4. The topological polar surface area (TPSA) is 171 Å². The number of benzene rings is 2. The highest BCUT2D eigenvalue weighted by Crippen LogP contribution is 2.39. The van der Waals surface area contributed by atoms with E-state index in [1.807, 2.05) is 6.07 Å². The minimum Gasteiger partial charge on any atom is -0.508 e. The summed E-state index contributed by atoms with van der Waals surface area (Å²) in [5.74, 6) is -2.78. The summed E-state index contributed by atoms with van der Waals surface area (Å²) < 4.78 is -0.938. The minimum absolute atomic E-state index is 0.0905. The van der Waals surface area contributed by atoms with Crippen molar-refractivity contribution in [2.45, 2.75) is 62.0 Å². The monoisotopic (exact) mass is 574 g/mol. The second-order valence-corrected chi connectivity index (χ2v) is 13.3. The lowest BCUT2D eigenvalue weighted by atomic mass is 9.92. The molecule has 1 fully saturated rings. The van der Waals surface area contributed by atoms with E-state index in [0.29, 0.717) is 0 Å². The summed E-state index contributed by atoms with van der Waals surface area (Å²) in [6.07, 6.45) is 0.281. The molecular weight excluding hydrogens is 540 g/mol. The number of carboxylic acid groups (broad SMARTS) is 1. The molecule has 12 heteroatoms. The van der Waals surface area contributed by atoms with Crippen molar-refractivity contribution >= 4 is 45.3 Å². The zero-order chi connectivity index (χ0) is 28.8. The number of hydrogen-bond acceptors (Lipinski definition) is 8. The first-order valence-electron chi connectivity index (χ1n) is 12.3. The lowest BCUT2D eigenvalue weighted by Gasteiger charge is -2.31. The number of nitrogens with two attached hydrogens (primary N) is 1. The van der Waals surface area contributed by atoms with E-state index in [1.54, 1.807) is 57.2 Å². The third kappa shape index (κ3) is 8.38. The van der Waals surface area contributed by atoms with Gasteiger partial charge in [0.15, 0.2) is 0 Å². The summed E-state index contributed by atoms with van der Waals surface area (Å²) in [7, 11) is 2.43. The number of carbonyl (C=O) groups excluding carboxylic acids is 3. The molecule has 0 bridgehead atoms. The fourth-order valence-corrected chi connectivity index (χ4v) is 6.84. The third-order valence-corrected chi connectivity index (χ3v) is 9.60. The summed E-state index contributed by atoms with van der Waals surface area (Å²) in [5, 5.41) is 27.4. The Hall–Kier alpha value is -3.22. The summed E-state index contributed by atoms with van der Waals surface area (Å²) in [6, 6.07) is 12.0. The Morgan fingerprint density at radius 1 is 1.05 bits per heavy atom. The van der Waals surface area contributed by atoms with Crippen LogP contribution in [0.5, 0.6) is 5.75 Å². The molecule has 2 aromatic carbocycles. The number of phenolic OH excluding ortho intramolecular Hbond substituents is 1. The third-order valence-electron chi connectivity index (χ3n) is 6.30. The number of amides is 3. The molecule has 0 aromatic heterocycles. The number of carboxylic acids is 1. The molecule has 3 amide bonds. The van der Waals surface area contributed by atoms with Crippen LogP contribution < -0.4 is 21.7 Å². The molecule has 0 unspecified atom stereocenters. The van der Waals surface area contributed by atoms with Crippen LogP contribution in [0.25, 0.3) is 0 Å². The summed E-state index contributed by atoms with van der Waals surface area (Å²) >= 11 is 0. The molecule has 3 rings (SSSR count). The van der Waals surface area contributed by atoms with Gasteiger partial charge < -0.3 is 31.9 Å². The second kappa shape index (κ2) is 12.8. The Labute approximate surface area is 235 Å². The smallest absolute Gasteiger partial charge is 0.327 e. The van der Waals surface area contributed by atoms with Crippen molar-refractivity contribution in [1.29, 1.82) is 0 Å². The molecule has 2 aromatic rings. The van der Waals surface area contributed by atoms with E-state index in [9.17, 15) is 29.4 Å². The van der Waals surface area contributed by atoms with Crippen LogP contribution in [0.1, 0.15) is 31.9 Å². The Morgan fingerprint density at radius 2 is 1.69 bits per heavy atom. The molecule has 1 aliphatic rings. The van der Waals surface area contributed by atoms with E-state index in [-0.39, 0.29) is 24.3 Å². The lowest BCUT2D eigenvalue weighted by Crippen LogP contribution is -2.61. The van der Waals surface area contributed by atoms with E-state index in [4.69, 9.17) is 5.73 Å². The predicted molar refractivity (Wildman–Crippen MR) is 152 cm³/mol. The van der Waals surface area contributed by atoms with Gasteiger partial charge in [-0.05, 0) is 50.5 Å². The average molecular weight is 575 g/mol. The standard InChI is InChI=1S/C27H34N4O6S2/c1-26(2)21(24(35)36)31-22(33)19(13-16-7-5-4-6-8-16)29-23(34)20(15-38-39-26)30-25(37)27(3,28)14-17-9-11-18(32)12-10-17/h4-12,19-21,32H,13-15,28H2,1-3H3,(H,29,34)(H,30,37)(H,31,33)(H,35,36)/t19-,20-,21+,27-/m0/s1. The van der Waals surface area contributed by atoms with E-state index in [0.717, 1.165) is 11.1 Å². The molecule has 10 nitrogen and oxygen atoms in total. The van der Waals surface area contributed by atoms with Crippen molar-refractivity contribution in [3.63, 3.8) is 0 Å². The van der Waals surface area contributed by atoms with E-state index >= 15 is 0 Å². The highest BCUT2D eigenvalue weighted by atomic mass is 33.1. The number of carbonyl (C=O) groups is 4. The van der Waals surface area contributed by atoms with Gasteiger partial charge in [0.1, 0.15) is 23.9 Å². The van der Waals surface area contributed by atoms with Gasteiger partial charge in [-0.1, -0.05) is 64.1 Å². The van der Waals surface area contributed by atoms with Gasteiger partial charge in [-0.15, -0.1) is 0 Å². The zero-order valence-electron chi connectivity index (χ0n) is 22.0. The molecule has 1 saturated heterocycles. The van der Waals surface area contributed by atoms with Crippen molar-refractivity contribution in [3.8, 4) is 5.75 Å². The first kappa shape index (κ1) is 30.3. The normalized spacial score (nSPS) is 23.3. The van der Waals surface area contributed by atoms with Gasteiger partial charge in [-0.3, -0.25) is 14.4 Å². The molecule has 210 valence electrons. The Balaban J connectivity index is 1.85.